The number of nitrogens with one attached hydrogen (secondary N) is 2. The molecule has 0 saturated carbocycles. The Balaban J connectivity index is 1.99. The zero-order valence-electron chi connectivity index (χ0n) is 15.6. The SMILES string of the molecule is COc1ccc(OCCNC(=O)c2ccccc2NC(C#N)=C(C#N)C#N)cc1. The van der Waals surface area contributed by atoms with E-state index in [1.165, 1.54) is 0 Å². The van der Waals surface area contributed by atoms with Crippen LogP contribution < -0.4 is 20.1 Å². The van der Waals surface area contributed by atoms with Crippen molar-refractivity contribution < 1.29 is 14.3 Å². The van der Waals surface area contributed by atoms with Crippen LogP contribution in [0, 0.1) is 34.0 Å². The van der Waals surface area contributed by atoms with Crippen LogP contribution in [0.4, 0.5) is 5.69 Å². The molecule has 0 spiro atoms. The standard InChI is InChI=1S/C21H17N5O3/c1-28-16-6-8-17(9-7-16)29-11-10-25-21(27)18-4-2-3-5-19(18)26-20(14-24)15(12-22)13-23/h2-9,26H,10-11H2,1H3,(H,25,27). The van der Waals surface area contributed by atoms with Crippen LogP contribution in [-0.2, 0) is 0 Å². The Hall–Kier alpha value is -4.48. The number of benzene rings is 2. The highest BCUT2D eigenvalue weighted by Gasteiger charge is 2.13. The van der Waals surface area contributed by atoms with Gasteiger partial charge in [-0.25, -0.2) is 0 Å². The number of hydrogen-bond donors (Lipinski definition) is 2. The predicted molar refractivity (Wildman–Crippen MR) is 105 cm³/mol. The summed E-state index contributed by atoms with van der Waals surface area (Å²) in [6.45, 7) is 0.506. The molecule has 8 heteroatoms. The minimum absolute atomic E-state index is 0.224. The number of nitriles is 3. The second-order valence-electron chi connectivity index (χ2n) is 5.54. The van der Waals surface area contributed by atoms with Gasteiger partial charge in [-0.15, -0.1) is 0 Å². The average Bonchev–Trinajstić information content (AvgIpc) is 2.77. The van der Waals surface area contributed by atoms with E-state index in [4.69, 9.17) is 25.3 Å². The van der Waals surface area contributed by atoms with Crippen molar-refractivity contribution in [3.05, 3.63) is 65.4 Å². The van der Waals surface area contributed by atoms with Crippen molar-refractivity contribution in [1.29, 1.82) is 15.8 Å². The van der Waals surface area contributed by atoms with Crippen molar-refractivity contribution in [2.24, 2.45) is 0 Å². The summed E-state index contributed by atoms with van der Waals surface area (Å²) >= 11 is 0. The zero-order chi connectivity index (χ0) is 21.1. The summed E-state index contributed by atoms with van der Waals surface area (Å²) in [5.74, 6) is 0.974. The molecule has 0 fully saturated rings. The van der Waals surface area contributed by atoms with Gasteiger partial charge in [0.25, 0.3) is 5.91 Å². The quantitative estimate of drug-likeness (QED) is 0.526. The normalized spacial score (nSPS) is 9.17. The lowest BCUT2D eigenvalue weighted by molar-refractivity contribution is 0.0948. The van der Waals surface area contributed by atoms with Crippen LogP contribution in [-0.4, -0.2) is 26.2 Å². The third-order valence-corrected chi connectivity index (χ3v) is 3.73. The molecule has 1 amide bonds. The maximum absolute atomic E-state index is 12.5. The summed E-state index contributed by atoms with van der Waals surface area (Å²) in [6, 6.07) is 18.6. The van der Waals surface area contributed by atoms with Crippen LogP contribution in [0.1, 0.15) is 10.4 Å². The van der Waals surface area contributed by atoms with Gasteiger partial charge in [-0.1, -0.05) is 12.1 Å². The summed E-state index contributed by atoms with van der Waals surface area (Å²) in [4.78, 5) is 12.5. The number of amides is 1. The molecule has 0 heterocycles. The molecule has 144 valence electrons. The van der Waals surface area contributed by atoms with Crippen molar-refractivity contribution in [1.82, 2.24) is 5.32 Å². The van der Waals surface area contributed by atoms with E-state index in [1.54, 1.807) is 73.8 Å². The molecule has 0 aromatic heterocycles. The van der Waals surface area contributed by atoms with E-state index >= 15 is 0 Å². The molecule has 2 aromatic rings. The number of para-hydroxylation sites is 1. The third-order valence-electron chi connectivity index (χ3n) is 3.73. The lowest BCUT2D eigenvalue weighted by Gasteiger charge is -2.12. The van der Waals surface area contributed by atoms with Crippen molar-refractivity contribution in [3.8, 4) is 29.7 Å². The van der Waals surface area contributed by atoms with E-state index in [1.807, 2.05) is 0 Å². The van der Waals surface area contributed by atoms with Gasteiger partial charge in [-0.05, 0) is 36.4 Å². The number of rotatable bonds is 8. The van der Waals surface area contributed by atoms with E-state index in [0.717, 1.165) is 5.75 Å². The van der Waals surface area contributed by atoms with Gasteiger partial charge in [-0.2, -0.15) is 15.8 Å². The lowest BCUT2D eigenvalue weighted by atomic mass is 10.1. The maximum atomic E-state index is 12.5. The van der Waals surface area contributed by atoms with Crippen LogP contribution >= 0.6 is 0 Å². The van der Waals surface area contributed by atoms with Crippen LogP contribution in [0.5, 0.6) is 11.5 Å². The van der Waals surface area contributed by atoms with E-state index in [0.29, 0.717) is 11.4 Å². The molecule has 8 nitrogen and oxygen atoms in total. The molecule has 0 aliphatic rings. The van der Waals surface area contributed by atoms with Gasteiger partial charge >= 0.3 is 0 Å². The Morgan fingerprint density at radius 2 is 1.62 bits per heavy atom. The van der Waals surface area contributed by atoms with E-state index < -0.39 is 0 Å². The summed E-state index contributed by atoms with van der Waals surface area (Å²) in [6.07, 6.45) is 0. The van der Waals surface area contributed by atoms with E-state index in [-0.39, 0.29) is 35.9 Å². The molecule has 0 saturated heterocycles. The van der Waals surface area contributed by atoms with Crippen molar-refractivity contribution >= 4 is 11.6 Å². The number of anilines is 1. The number of allylic oxidation sites excluding steroid dienone is 2. The minimum Gasteiger partial charge on any atom is -0.497 e. The van der Waals surface area contributed by atoms with Gasteiger partial charge in [-0.3, -0.25) is 4.79 Å². The summed E-state index contributed by atoms with van der Waals surface area (Å²) in [5.41, 5.74) is -0.0192. The van der Waals surface area contributed by atoms with Crippen molar-refractivity contribution in [3.63, 3.8) is 0 Å². The van der Waals surface area contributed by atoms with Crippen LogP contribution in [0.2, 0.25) is 0 Å². The highest BCUT2D eigenvalue weighted by atomic mass is 16.5. The molecule has 0 unspecified atom stereocenters. The molecule has 0 radical (unpaired) electrons. The molecular weight excluding hydrogens is 370 g/mol. The van der Waals surface area contributed by atoms with Gasteiger partial charge in [0.1, 0.15) is 42.0 Å². The number of nitrogens with zero attached hydrogens (tertiary/aromatic N) is 3. The Morgan fingerprint density at radius 1 is 0.966 bits per heavy atom. The van der Waals surface area contributed by atoms with Gasteiger partial charge < -0.3 is 20.1 Å². The highest BCUT2D eigenvalue weighted by Crippen LogP contribution is 2.19. The molecule has 0 bridgehead atoms. The van der Waals surface area contributed by atoms with Crippen molar-refractivity contribution in [2.45, 2.75) is 0 Å². The van der Waals surface area contributed by atoms with Crippen LogP contribution in [0.3, 0.4) is 0 Å². The maximum Gasteiger partial charge on any atom is 0.253 e. The smallest absolute Gasteiger partial charge is 0.253 e. The Bertz CT molecular complexity index is 1010. The van der Waals surface area contributed by atoms with Gasteiger partial charge in [0.05, 0.1) is 24.9 Å². The van der Waals surface area contributed by atoms with E-state index in [2.05, 4.69) is 10.6 Å². The zero-order valence-corrected chi connectivity index (χ0v) is 15.6. The monoisotopic (exact) mass is 387 g/mol. The Morgan fingerprint density at radius 3 is 2.24 bits per heavy atom. The van der Waals surface area contributed by atoms with Crippen molar-refractivity contribution in [2.75, 3.05) is 25.6 Å². The summed E-state index contributed by atoms with van der Waals surface area (Å²) in [7, 11) is 1.58. The molecule has 2 aromatic carbocycles. The first-order chi connectivity index (χ1) is 14.1. The first-order valence-electron chi connectivity index (χ1n) is 8.48. The number of methoxy groups -OCH3 is 1. The Labute approximate surface area is 168 Å². The second-order valence-corrected chi connectivity index (χ2v) is 5.54. The molecule has 29 heavy (non-hydrogen) atoms. The minimum atomic E-state index is -0.390. The lowest BCUT2D eigenvalue weighted by Crippen LogP contribution is -2.28. The number of hydrogen-bond acceptors (Lipinski definition) is 7. The van der Waals surface area contributed by atoms with Gasteiger partial charge in [0.15, 0.2) is 5.57 Å². The number of carbonyl (C=O) groups is 1. The van der Waals surface area contributed by atoms with Gasteiger partial charge in [0.2, 0.25) is 0 Å². The second kappa shape index (κ2) is 10.6. The fourth-order valence-corrected chi connectivity index (χ4v) is 2.31. The average molecular weight is 387 g/mol. The number of carbonyl (C=O) groups excluding carboxylic acids is 1. The fourth-order valence-electron chi connectivity index (χ4n) is 2.31. The first-order valence-corrected chi connectivity index (χ1v) is 8.48. The fraction of sp³-hybridized carbons (Fsp3) is 0.143. The molecule has 2 rings (SSSR count). The summed E-state index contributed by atoms with van der Waals surface area (Å²) in [5, 5.41) is 32.4. The Kier molecular flexibility index (Phi) is 7.62. The number of ether oxygens (including phenoxy) is 2. The predicted octanol–water partition coefficient (Wildman–Crippen LogP) is 2.74. The molecule has 0 aliphatic carbocycles. The summed E-state index contributed by atoms with van der Waals surface area (Å²) < 4.78 is 10.6. The molecule has 0 aliphatic heterocycles. The first kappa shape index (κ1) is 20.8. The third kappa shape index (κ3) is 5.75. The molecule has 2 N–H and O–H groups in total. The molecular formula is C21H17N5O3. The van der Waals surface area contributed by atoms with Crippen LogP contribution in [0.25, 0.3) is 0 Å². The molecule has 0 atom stereocenters. The van der Waals surface area contributed by atoms with Gasteiger partial charge in [0, 0.05) is 0 Å². The van der Waals surface area contributed by atoms with Crippen LogP contribution in [0.15, 0.2) is 59.8 Å². The van der Waals surface area contributed by atoms with E-state index in [9.17, 15) is 4.79 Å². The topological polar surface area (TPSA) is 131 Å². The highest BCUT2D eigenvalue weighted by molar-refractivity contribution is 6.00. The largest absolute Gasteiger partial charge is 0.497 e.